The number of carbonyl (C=O) groups is 1. The van der Waals surface area contributed by atoms with Crippen LogP contribution in [0, 0.1) is 5.82 Å². The number of hydrogen-bond acceptors (Lipinski definition) is 2. The summed E-state index contributed by atoms with van der Waals surface area (Å²) >= 11 is 3.15. The zero-order chi connectivity index (χ0) is 11.4. The van der Waals surface area contributed by atoms with Crippen molar-refractivity contribution in [1.82, 2.24) is 5.32 Å². The Kier molecular flexibility index (Phi) is 4.23. The molecule has 1 aromatic carbocycles. The van der Waals surface area contributed by atoms with Crippen LogP contribution in [0.1, 0.15) is 12.5 Å². The van der Waals surface area contributed by atoms with Gasteiger partial charge >= 0.3 is 5.97 Å². The van der Waals surface area contributed by atoms with Crippen LogP contribution in [0.25, 0.3) is 0 Å². The maximum Gasteiger partial charge on any atom is 0.320 e. The van der Waals surface area contributed by atoms with Gasteiger partial charge in [0.25, 0.3) is 0 Å². The molecule has 82 valence electrons. The topological polar surface area (TPSA) is 49.3 Å². The number of rotatable bonds is 4. The fourth-order valence-corrected chi connectivity index (χ4v) is 1.35. The maximum absolute atomic E-state index is 13.3. The number of halogens is 2. The molecule has 15 heavy (non-hydrogen) atoms. The third-order valence-corrected chi connectivity index (χ3v) is 2.48. The molecule has 3 nitrogen and oxygen atoms in total. The molecule has 0 saturated heterocycles. The molecule has 0 saturated carbocycles. The number of hydrogen-bond donors (Lipinski definition) is 2. The first kappa shape index (κ1) is 12.1. The molecule has 0 aliphatic carbocycles. The van der Waals surface area contributed by atoms with E-state index in [-0.39, 0.29) is 12.4 Å². The molecule has 0 unspecified atom stereocenters. The van der Waals surface area contributed by atoms with Gasteiger partial charge in [-0.15, -0.1) is 0 Å². The minimum atomic E-state index is -0.951. The average Bonchev–Trinajstić information content (AvgIpc) is 2.15. The lowest BCUT2D eigenvalue weighted by atomic mass is 10.2. The van der Waals surface area contributed by atoms with Crippen LogP contribution >= 0.6 is 15.9 Å². The molecule has 1 atom stereocenters. The molecule has 5 heteroatoms. The van der Waals surface area contributed by atoms with Crippen LogP contribution in [0.3, 0.4) is 0 Å². The quantitative estimate of drug-likeness (QED) is 0.885. The van der Waals surface area contributed by atoms with E-state index in [0.29, 0.717) is 10.0 Å². The predicted octanol–water partition coefficient (Wildman–Crippen LogP) is 2.15. The highest BCUT2D eigenvalue weighted by Gasteiger charge is 2.10. The smallest absolute Gasteiger partial charge is 0.320 e. The van der Waals surface area contributed by atoms with Gasteiger partial charge in [0.2, 0.25) is 0 Å². The van der Waals surface area contributed by atoms with Gasteiger partial charge < -0.3 is 10.4 Å². The summed E-state index contributed by atoms with van der Waals surface area (Å²) in [5.41, 5.74) is 0.450. The van der Waals surface area contributed by atoms with E-state index in [1.165, 1.54) is 13.0 Å². The molecule has 1 rings (SSSR count). The number of aliphatic carboxylic acids is 1. The molecule has 0 spiro atoms. The van der Waals surface area contributed by atoms with E-state index < -0.39 is 12.0 Å². The first-order chi connectivity index (χ1) is 7.00. The Labute approximate surface area is 95.4 Å². The van der Waals surface area contributed by atoms with Crippen molar-refractivity contribution in [2.45, 2.75) is 19.5 Å². The Morgan fingerprint density at radius 1 is 1.67 bits per heavy atom. The molecule has 0 aliphatic heterocycles. The fraction of sp³-hybridized carbons (Fsp3) is 0.300. The van der Waals surface area contributed by atoms with Crippen LogP contribution in [0.4, 0.5) is 4.39 Å². The SMILES string of the molecule is C[C@@H](NCc1ccc(Br)cc1F)C(=O)O. The summed E-state index contributed by atoms with van der Waals surface area (Å²) in [6, 6.07) is 3.99. The first-order valence-corrected chi connectivity index (χ1v) is 5.20. The van der Waals surface area contributed by atoms with Crippen LogP contribution in [-0.4, -0.2) is 17.1 Å². The molecule has 2 N–H and O–H groups in total. The van der Waals surface area contributed by atoms with Crippen LogP contribution < -0.4 is 5.32 Å². The molecule has 0 bridgehead atoms. The second-order valence-electron chi connectivity index (χ2n) is 3.18. The molecular formula is C10H11BrFNO2. The monoisotopic (exact) mass is 275 g/mol. The van der Waals surface area contributed by atoms with Gasteiger partial charge in [0.1, 0.15) is 11.9 Å². The van der Waals surface area contributed by atoms with Crippen molar-refractivity contribution < 1.29 is 14.3 Å². The Morgan fingerprint density at radius 3 is 2.87 bits per heavy atom. The molecule has 0 amide bonds. The summed E-state index contributed by atoms with van der Waals surface area (Å²) in [5, 5.41) is 11.3. The molecule has 0 fully saturated rings. The Balaban J connectivity index is 2.62. The van der Waals surface area contributed by atoms with Crippen LogP contribution in [0.5, 0.6) is 0 Å². The van der Waals surface area contributed by atoms with Crippen molar-refractivity contribution in [3.8, 4) is 0 Å². The van der Waals surface area contributed by atoms with E-state index >= 15 is 0 Å². The molecule has 0 aromatic heterocycles. The number of carboxylic acids is 1. The summed E-state index contributed by atoms with van der Waals surface area (Å²) in [7, 11) is 0. The van der Waals surface area contributed by atoms with Gasteiger partial charge in [-0.1, -0.05) is 22.0 Å². The minimum Gasteiger partial charge on any atom is -0.480 e. The Bertz CT molecular complexity index is 370. The van der Waals surface area contributed by atoms with Gasteiger partial charge in [-0.25, -0.2) is 4.39 Å². The van der Waals surface area contributed by atoms with Gasteiger partial charge in [-0.05, 0) is 19.1 Å². The highest BCUT2D eigenvalue weighted by Crippen LogP contribution is 2.15. The van der Waals surface area contributed by atoms with Crippen molar-refractivity contribution in [1.29, 1.82) is 0 Å². The summed E-state index contributed by atoms with van der Waals surface area (Å²) in [6.45, 7) is 1.71. The summed E-state index contributed by atoms with van der Waals surface area (Å²) in [6.07, 6.45) is 0. The van der Waals surface area contributed by atoms with E-state index in [2.05, 4.69) is 21.2 Å². The number of benzene rings is 1. The zero-order valence-electron chi connectivity index (χ0n) is 8.13. The molecule has 1 aromatic rings. The molecular weight excluding hydrogens is 265 g/mol. The summed E-state index contributed by atoms with van der Waals surface area (Å²) in [5.74, 6) is -1.30. The largest absolute Gasteiger partial charge is 0.480 e. The van der Waals surface area contributed by atoms with Gasteiger partial charge in [0.05, 0.1) is 0 Å². The highest BCUT2D eigenvalue weighted by atomic mass is 79.9. The van der Waals surface area contributed by atoms with Crippen molar-refractivity contribution >= 4 is 21.9 Å². The lowest BCUT2D eigenvalue weighted by Crippen LogP contribution is -2.33. The third kappa shape index (κ3) is 3.60. The molecule has 0 heterocycles. The summed E-state index contributed by atoms with van der Waals surface area (Å²) < 4.78 is 13.9. The second-order valence-corrected chi connectivity index (χ2v) is 4.09. The van der Waals surface area contributed by atoms with Gasteiger partial charge in [-0.3, -0.25) is 4.79 Å². The Morgan fingerprint density at radius 2 is 2.33 bits per heavy atom. The lowest BCUT2D eigenvalue weighted by molar-refractivity contribution is -0.139. The van der Waals surface area contributed by atoms with Gasteiger partial charge in [-0.2, -0.15) is 0 Å². The van der Waals surface area contributed by atoms with Crippen LogP contribution in [0.2, 0.25) is 0 Å². The minimum absolute atomic E-state index is 0.201. The molecule has 0 radical (unpaired) electrons. The lowest BCUT2D eigenvalue weighted by Gasteiger charge is -2.09. The van der Waals surface area contributed by atoms with E-state index in [1.54, 1.807) is 12.1 Å². The van der Waals surface area contributed by atoms with Gasteiger partial charge in [0, 0.05) is 16.6 Å². The summed E-state index contributed by atoms with van der Waals surface area (Å²) in [4.78, 5) is 10.5. The second kappa shape index (κ2) is 5.23. The van der Waals surface area contributed by atoms with Crippen LogP contribution in [0.15, 0.2) is 22.7 Å². The normalized spacial score (nSPS) is 12.5. The van der Waals surface area contributed by atoms with Crippen molar-refractivity contribution in [2.24, 2.45) is 0 Å². The number of carboxylic acid groups (broad SMARTS) is 1. The standard InChI is InChI=1S/C10H11BrFNO2/c1-6(10(14)15)13-5-7-2-3-8(11)4-9(7)12/h2-4,6,13H,5H2,1H3,(H,14,15)/t6-/m1/s1. The fourth-order valence-electron chi connectivity index (χ4n) is 1.02. The zero-order valence-corrected chi connectivity index (χ0v) is 9.71. The maximum atomic E-state index is 13.3. The van der Waals surface area contributed by atoms with E-state index in [0.717, 1.165) is 0 Å². The van der Waals surface area contributed by atoms with E-state index in [1.807, 2.05) is 0 Å². The number of nitrogens with one attached hydrogen (secondary N) is 1. The first-order valence-electron chi connectivity index (χ1n) is 4.41. The predicted molar refractivity (Wildman–Crippen MR) is 58.0 cm³/mol. The van der Waals surface area contributed by atoms with E-state index in [9.17, 15) is 9.18 Å². The van der Waals surface area contributed by atoms with Crippen molar-refractivity contribution in [3.63, 3.8) is 0 Å². The highest BCUT2D eigenvalue weighted by molar-refractivity contribution is 9.10. The van der Waals surface area contributed by atoms with Crippen LogP contribution in [-0.2, 0) is 11.3 Å². The van der Waals surface area contributed by atoms with Crippen molar-refractivity contribution in [2.75, 3.05) is 0 Å². The average molecular weight is 276 g/mol. The van der Waals surface area contributed by atoms with Gasteiger partial charge in [0.15, 0.2) is 0 Å². The van der Waals surface area contributed by atoms with E-state index in [4.69, 9.17) is 5.11 Å². The Hall–Kier alpha value is -0.940. The third-order valence-electron chi connectivity index (χ3n) is 1.98. The molecule has 0 aliphatic rings. The van der Waals surface area contributed by atoms with Crippen molar-refractivity contribution in [3.05, 3.63) is 34.1 Å².